The third kappa shape index (κ3) is 3.32. The molecule has 0 saturated carbocycles. The number of para-hydroxylation sites is 1. The molecule has 2 heterocycles. The molecule has 0 spiro atoms. The van der Waals surface area contributed by atoms with Gasteiger partial charge in [0.05, 0.1) is 28.7 Å². The molecule has 0 unspecified atom stereocenters. The van der Waals surface area contributed by atoms with Crippen molar-refractivity contribution in [2.24, 2.45) is 0 Å². The lowest BCUT2D eigenvalue weighted by Gasteiger charge is -2.14. The molecule has 0 aliphatic carbocycles. The number of ether oxygens (including phenoxy) is 1. The molecule has 0 radical (unpaired) electrons. The zero-order valence-electron chi connectivity index (χ0n) is 13.9. The molecule has 122 valence electrons. The third-order valence-electron chi connectivity index (χ3n) is 3.57. The summed E-state index contributed by atoms with van der Waals surface area (Å²) in [6.45, 7) is 1.94. The van der Waals surface area contributed by atoms with E-state index in [-0.39, 0.29) is 6.61 Å². The van der Waals surface area contributed by atoms with Crippen molar-refractivity contribution in [2.75, 3.05) is 19.0 Å². The van der Waals surface area contributed by atoms with Gasteiger partial charge in [0.1, 0.15) is 12.4 Å². The van der Waals surface area contributed by atoms with Crippen molar-refractivity contribution in [3.63, 3.8) is 0 Å². The summed E-state index contributed by atoms with van der Waals surface area (Å²) in [5.41, 5.74) is 2.68. The van der Waals surface area contributed by atoms with Crippen molar-refractivity contribution >= 4 is 22.7 Å². The number of aromatic nitrogens is 3. The Morgan fingerprint density at radius 2 is 1.96 bits per heavy atom. The molecule has 0 N–H and O–H groups in total. The van der Waals surface area contributed by atoms with E-state index in [1.807, 2.05) is 50.2 Å². The highest BCUT2D eigenvalue weighted by molar-refractivity contribution is 6.04. The first-order valence-electron chi connectivity index (χ1n) is 7.56. The molecular formula is C18H18N4O2. The molecule has 0 aliphatic heterocycles. The van der Waals surface area contributed by atoms with Gasteiger partial charge in [0.25, 0.3) is 0 Å². The Balaban J connectivity index is 1.89. The maximum Gasteiger partial charge on any atom is 0.339 e. The van der Waals surface area contributed by atoms with E-state index in [0.717, 1.165) is 16.6 Å². The predicted octanol–water partition coefficient (Wildman–Crippen LogP) is 2.76. The van der Waals surface area contributed by atoms with Crippen LogP contribution < -0.4 is 4.90 Å². The van der Waals surface area contributed by atoms with Crippen molar-refractivity contribution in [1.29, 1.82) is 0 Å². The number of esters is 1. The molecule has 2 aromatic heterocycles. The minimum Gasteiger partial charge on any atom is -0.455 e. The molecule has 3 aromatic rings. The molecule has 0 aliphatic rings. The Morgan fingerprint density at radius 1 is 1.17 bits per heavy atom. The highest BCUT2D eigenvalue weighted by atomic mass is 16.5. The van der Waals surface area contributed by atoms with E-state index < -0.39 is 5.97 Å². The number of hydrogen-bond donors (Lipinski definition) is 0. The Hall–Kier alpha value is -3.02. The number of rotatable bonds is 4. The van der Waals surface area contributed by atoms with Crippen molar-refractivity contribution in [3.05, 3.63) is 59.7 Å². The molecule has 0 amide bonds. The van der Waals surface area contributed by atoms with Gasteiger partial charge in [0.15, 0.2) is 0 Å². The van der Waals surface area contributed by atoms with Crippen LogP contribution in [-0.4, -0.2) is 35.0 Å². The summed E-state index contributed by atoms with van der Waals surface area (Å²) in [4.78, 5) is 27.3. The molecule has 0 fully saturated rings. The number of nitrogens with zero attached hydrogens (tertiary/aromatic N) is 4. The van der Waals surface area contributed by atoms with Gasteiger partial charge in [-0.15, -0.1) is 0 Å². The maximum absolute atomic E-state index is 12.6. The second-order valence-electron chi connectivity index (χ2n) is 5.66. The number of aryl methyl sites for hydroxylation is 1. The number of pyridine rings is 1. The predicted molar refractivity (Wildman–Crippen MR) is 92.0 cm³/mol. The first-order chi connectivity index (χ1) is 11.5. The summed E-state index contributed by atoms with van der Waals surface area (Å²) in [5, 5.41) is 0.767. The van der Waals surface area contributed by atoms with Gasteiger partial charge >= 0.3 is 5.97 Å². The molecule has 0 bridgehead atoms. The SMILES string of the molecule is Cc1cnc(COC(=O)c2cc(N(C)C)nc3ccccc23)cn1. The Labute approximate surface area is 140 Å². The van der Waals surface area contributed by atoms with Crippen LogP contribution in [0, 0.1) is 6.92 Å². The summed E-state index contributed by atoms with van der Waals surface area (Å²) in [5.74, 6) is 0.301. The van der Waals surface area contributed by atoms with Gasteiger partial charge in [-0.2, -0.15) is 0 Å². The Morgan fingerprint density at radius 3 is 2.67 bits per heavy atom. The van der Waals surface area contributed by atoms with Crippen LogP contribution in [0.5, 0.6) is 0 Å². The summed E-state index contributed by atoms with van der Waals surface area (Å²) in [6, 6.07) is 9.26. The Bertz CT molecular complexity index is 876. The standard InChI is InChI=1S/C18H18N4O2/c1-12-9-20-13(10-19-12)11-24-18(23)15-8-17(22(2)3)21-16-7-5-4-6-14(15)16/h4-10H,11H2,1-3H3. The van der Waals surface area contributed by atoms with Gasteiger partial charge in [0, 0.05) is 25.7 Å². The highest BCUT2D eigenvalue weighted by Crippen LogP contribution is 2.23. The van der Waals surface area contributed by atoms with Crippen molar-refractivity contribution in [3.8, 4) is 0 Å². The number of anilines is 1. The van der Waals surface area contributed by atoms with Gasteiger partial charge in [-0.3, -0.25) is 9.97 Å². The second-order valence-corrected chi connectivity index (χ2v) is 5.66. The van der Waals surface area contributed by atoms with E-state index in [0.29, 0.717) is 17.1 Å². The van der Waals surface area contributed by atoms with Gasteiger partial charge in [-0.05, 0) is 19.1 Å². The van der Waals surface area contributed by atoms with Gasteiger partial charge < -0.3 is 9.64 Å². The summed E-state index contributed by atoms with van der Waals surface area (Å²) in [6.07, 6.45) is 3.26. The topological polar surface area (TPSA) is 68.2 Å². The fourth-order valence-corrected chi connectivity index (χ4v) is 2.27. The number of hydrogen-bond acceptors (Lipinski definition) is 6. The van der Waals surface area contributed by atoms with Crippen LogP contribution in [0.1, 0.15) is 21.7 Å². The lowest BCUT2D eigenvalue weighted by Crippen LogP contribution is -2.13. The van der Waals surface area contributed by atoms with E-state index in [1.165, 1.54) is 0 Å². The summed E-state index contributed by atoms with van der Waals surface area (Å²) >= 11 is 0. The van der Waals surface area contributed by atoms with Crippen LogP contribution in [-0.2, 0) is 11.3 Å². The number of carbonyl (C=O) groups excluding carboxylic acids is 1. The maximum atomic E-state index is 12.6. The first-order valence-corrected chi connectivity index (χ1v) is 7.56. The summed E-state index contributed by atoms with van der Waals surface area (Å²) < 4.78 is 5.41. The van der Waals surface area contributed by atoms with E-state index >= 15 is 0 Å². The average Bonchev–Trinajstić information content (AvgIpc) is 2.60. The van der Waals surface area contributed by atoms with Crippen molar-refractivity contribution in [2.45, 2.75) is 13.5 Å². The van der Waals surface area contributed by atoms with Gasteiger partial charge in [-0.1, -0.05) is 18.2 Å². The van der Waals surface area contributed by atoms with E-state index in [1.54, 1.807) is 18.5 Å². The largest absolute Gasteiger partial charge is 0.455 e. The molecule has 6 heteroatoms. The van der Waals surface area contributed by atoms with E-state index in [4.69, 9.17) is 4.74 Å². The number of benzene rings is 1. The van der Waals surface area contributed by atoms with Gasteiger partial charge in [-0.25, -0.2) is 9.78 Å². The third-order valence-corrected chi connectivity index (χ3v) is 3.57. The molecule has 6 nitrogen and oxygen atoms in total. The minimum absolute atomic E-state index is 0.0834. The van der Waals surface area contributed by atoms with Gasteiger partial charge in [0.2, 0.25) is 0 Å². The number of carbonyl (C=O) groups is 1. The molecule has 3 rings (SSSR count). The number of fused-ring (bicyclic) bond motifs is 1. The molecular weight excluding hydrogens is 304 g/mol. The van der Waals surface area contributed by atoms with E-state index in [2.05, 4.69) is 15.0 Å². The quantitative estimate of drug-likeness (QED) is 0.688. The smallest absolute Gasteiger partial charge is 0.339 e. The minimum atomic E-state index is -0.404. The lowest BCUT2D eigenvalue weighted by molar-refractivity contribution is 0.0469. The van der Waals surface area contributed by atoms with Crippen molar-refractivity contribution < 1.29 is 9.53 Å². The van der Waals surface area contributed by atoms with Crippen LogP contribution in [0.2, 0.25) is 0 Å². The molecule has 0 atom stereocenters. The zero-order chi connectivity index (χ0) is 17.1. The normalized spacial score (nSPS) is 10.6. The first kappa shape index (κ1) is 15.9. The fourth-order valence-electron chi connectivity index (χ4n) is 2.27. The molecule has 1 aromatic carbocycles. The lowest BCUT2D eigenvalue weighted by atomic mass is 10.1. The second kappa shape index (κ2) is 6.62. The van der Waals surface area contributed by atoms with Crippen LogP contribution in [0.15, 0.2) is 42.7 Å². The van der Waals surface area contributed by atoms with Crippen LogP contribution in [0.3, 0.4) is 0 Å². The highest BCUT2D eigenvalue weighted by Gasteiger charge is 2.15. The van der Waals surface area contributed by atoms with Crippen LogP contribution >= 0.6 is 0 Å². The monoisotopic (exact) mass is 322 g/mol. The fraction of sp³-hybridized carbons (Fsp3) is 0.222. The average molecular weight is 322 g/mol. The van der Waals surface area contributed by atoms with Crippen molar-refractivity contribution in [1.82, 2.24) is 15.0 Å². The van der Waals surface area contributed by atoms with E-state index in [9.17, 15) is 4.79 Å². The molecule has 24 heavy (non-hydrogen) atoms. The Kier molecular flexibility index (Phi) is 4.37. The van der Waals surface area contributed by atoms with Crippen LogP contribution in [0.25, 0.3) is 10.9 Å². The van der Waals surface area contributed by atoms with Crippen LogP contribution in [0.4, 0.5) is 5.82 Å². The summed E-state index contributed by atoms with van der Waals surface area (Å²) in [7, 11) is 3.77. The molecule has 0 saturated heterocycles. The zero-order valence-corrected chi connectivity index (χ0v) is 13.9.